The number of nitrogens with one attached hydrogen (secondary N) is 1. The molecule has 0 fully saturated rings. The van der Waals surface area contributed by atoms with Gasteiger partial charge in [0.2, 0.25) is 10.5 Å². The van der Waals surface area contributed by atoms with Gasteiger partial charge in [0.25, 0.3) is 0 Å². The molecule has 8 heteroatoms. The SMILES string of the molecule is COc1cc(/C=N/n2c(-c3ccc(C)cc3)n[nH]c2=S)cc(OC)c1OC. The molecule has 140 valence electrons. The molecule has 1 heterocycles. The van der Waals surface area contributed by atoms with Gasteiger partial charge in [-0.15, -0.1) is 0 Å². The number of aromatic nitrogens is 3. The van der Waals surface area contributed by atoms with Gasteiger partial charge in [-0.2, -0.15) is 14.9 Å². The topological polar surface area (TPSA) is 73.7 Å². The van der Waals surface area contributed by atoms with Crippen molar-refractivity contribution >= 4 is 18.4 Å². The number of methoxy groups -OCH3 is 3. The Morgan fingerprint density at radius 3 is 2.22 bits per heavy atom. The first-order chi connectivity index (χ1) is 13.1. The van der Waals surface area contributed by atoms with Crippen molar-refractivity contribution in [2.75, 3.05) is 21.3 Å². The summed E-state index contributed by atoms with van der Waals surface area (Å²) < 4.78 is 18.1. The van der Waals surface area contributed by atoms with Gasteiger partial charge in [0.15, 0.2) is 17.3 Å². The average Bonchev–Trinajstić information content (AvgIpc) is 3.06. The highest BCUT2D eigenvalue weighted by Crippen LogP contribution is 2.37. The Balaban J connectivity index is 2.01. The van der Waals surface area contributed by atoms with Crippen molar-refractivity contribution < 1.29 is 14.2 Å². The average molecular weight is 384 g/mol. The van der Waals surface area contributed by atoms with Gasteiger partial charge >= 0.3 is 0 Å². The molecule has 2 aromatic carbocycles. The summed E-state index contributed by atoms with van der Waals surface area (Å²) in [5, 5.41) is 11.6. The largest absolute Gasteiger partial charge is 0.493 e. The number of benzene rings is 2. The summed E-state index contributed by atoms with van der Waals surface area (Å²) in [4.78, 5) is 0. The van der Waals surface area contributed by atoms with E-state index in [1.165, 1.54) is 5.56 Å². The summed E-state index contributed by atoms with van der Waals surface area (Å²) in [6.07, 6.45) is 1.66. The van der Waals surface area contributed by atoms with E-state index in [4.69, 9.17) is 26.4 Å². The Labute approximate surface area is 162 Å². The molecule has 7 nitrogen and oxygen atoms in total. The van der Waals surface area contributed by atoms with Crippen LogP contribution in [0, 0.1) is 11.7 Å². The van der Waals surface area contributed by atoms with Crippen LogP contribution in [0.4, 0.5) is 0 Å². The summed E-state index contributed by atoms with van der Waals surface area (Å²) >= 11 is 5.31. The maximum atomic E-state index is 5.37. The number of nitrogens with zero attached hydrogens (tertiary/aromatic N) is 3. The first-order valence-electron chi connectivity index (χ1n) is 8.16. The van der Waals surface area contributed by atoms with E-state index in [-0.39, 0.29) is 0 Å². The van der Waals surface area contributed by atoms with Crippen molar-refractivity contribution in [3.8, 4) is 28.6 Å². The fraction of sp³-hybridized carbons (Fsp3) is 0.211. The van der Waals surface area contributed by atoms with E-state index in [0.29, 0.717) is 27.8 Å². The molecule has 0 aliphatic heterocycles. The van der Waals surface area contributed by atoms with Crippen LogP contribution >= 0.6 is 12.2 Å². The summed E-state index contributed by atoms with van der Waals surface area (Å²) in [6, 6.07) is 11.6. The summed E-state index contributed by atoms with van der Waals surface area (Å²) in [5.41, 5.74) is 2.85. The lowest BCUT2D eigenvalue weighted by Gasteiger charge is -2.12. The minimum Gasteiger partial charge on any atom is -0.493 e. The van der Waals surface area contributed by atoms with Gasteiger partial charge in [-0.25, -0.2) is 5.10 Å². The van der Waals surface area contributed by atoms with E-state index in [9.17, 15) is 0 Å². The second kappa shape index (κ2) is 8.05. The molecule has 0 saturated carbocycles. The molecule has 0 bridgehead atoms. The van der Waals surface area contributed by atoms with E-state index in [1.807, 2.05) is 31.2 Å². The second-order valence-corrected chi connectivity index (χ2v) is 6.12. The molecule has 0 unspecified atom stereocenters. The van der Waals surface area contributed by atoms with Gasteiger partial charge in [0, 0.05) is 11.1 Å². The molecule has 0 aliphatic rings. The quantitative estimate of drug-likeness (QED) is 0.517. The number of H-pyrrole nitrogens is 1. The number of aryl methyl sites for hydroxylation is 1. The lowest BCUT2D eigenvalue weighted by atomic mass is 10.1. The number of hydrogen-bond acceptors (Lipinski definition) is 6. The second-order valence-electron chi connectivity index (χ2n) is 5.73. The fourth-order valence-electron chi connectivity index (χ4n) is 2.59. The van der Waals surface area contributed by atoms with E-state index in [2.05, 4.69) is 15.3 Å². The van der Waals surface area contributed by atoms with Crippen molar-refractivity contribution in [3.05, 3.63) is 52.3 Å². The molecule has 0 aliphatic carbocycles. The number of aromatic amines is 1. The predicted octanol–water partition coefficient (Wildman–Crippen LogP) is 3.82. The van der Waals surface area contributed by atoms with Crippen LogP contribution in [-0.4, -0.2) is 42.4 Å². The Hall–Kier alpha value is -3.13. The van der Waals surface area contributed by atoms with Crippen LogP contribution in [0.15, 0.2) is 41.5 Å². The standard InChI is InChI=1S/C19H20N4O3S/c1-12-5-7-14(8-6-12)18-21-22-19(27)23(18)20-11-13-9-15(24-2)17(26-4)16(10-13)25-3/h5-11H,1-4H3,(H,22,27)/b20-11+. The van der Waals surface area contributed by atoms with Crippen molar-refractivity contribution in [2.45, 2.75) is 6.92 Å². The van der Waals surface area contributed by atoms with Gasteiger partial charge in [0.05, 0.1) is 27.5 Å². The van der Waals surface area contributed by atoms with Crippen LogP contribution < -0.4 is 14.2 Å². The Morgan fingerprint density at radius 1 is 1.04 bits per heavy atom. The first kappa shape index (κ1) is 18.7. The van der Waals surface area contributed by atoms with E-state index in [0.717, 1.165) is 11.1 Å². The monoisotopic (exact) mass is 384 g/mol. The fourth-order valence-corrected chi connectivity index (χ4v) is 2.77. The van der Waals surface area contributed by atoms with E-state index in [1.54, 1.807) is 44.4 Å². The Morgan fingerprint density at radius 2 is 1.67 bits per heavy atom. The van der Waals surface area contributed by atoms with Gasteiger partial charge in [0.1, 0.15) is 0 Å². The van der Waals surface area contributed by atoms with Gasteiger partial charge in [-0.05, 0) is 31.3 Å². The van der Waals surface area contributed by atoms with E-state index < -0.39 is 0 Å². The number of hydrogen-bond donors (Lipinski definition) is 1. The molecule has 1 aromatic heterocycles. The third-order valence-corrected chi connectivity index (χ3v) is 4.23. The minimum absolute atomic E-state index is 0.397. The van der Waals surface area contributed by atoms with Crippen LogP contribution in [0.2, 0.25) is 0 Å². The Bertz CT molecular complexity index is 997. The zero-order valence-corrected chi connectivity index (χ0v) is 16.3. The minimum atomic E-state index is 0.397. The molecule has 0 spiro atoms. The normalized spacial score (nSPS) is 11.0. The van der Waals surface area contributed by atoms with Gasteiger partial charge in [-0.3, -0.25) is 0 Å². The van der Waals surface area contributed by atoms with Crippen molar-refractivity contribution in [1.29, 1.82) is 0 Å². The molecule has 0 atom stereocenters. The predicted molar refractivity (Wildman–Crippen MR) is 107 cm³/mol. The third-order valence-electron chi connectivity index (χ3n) is 3.97. The first-order valence-corrected chi connectivity index (χ1v) is 8.57. The van der Waals surface area contributed by atoms with Crippen LogP contribution in [-0.2, 0) is 0 Å². The van der Waals surface area contributed by atoms with Crippen molar-refractivity contribution in [3.63, 3.8) is 0 Å². The molecule has 0 radical (unpaired) electrons. The molecule has 0 saturated heterocycles. The summed E-state index contributed by atoms with van der Waals surface area (Å²) in [6.45, 7) is 2.03. The Kier molecular flexibility index (Phi) is 5.56. The molecule has 3 aromatic rings. The van der Waals surface area contributed by atoms with Crippen molar-refractivity contribution in [2.24, 2.45) is 5.10 Å². The molecular weight excluding hydrogens is 364 g/mol. The lowest BCUT2D eigenvalue weighted by molar-refractivity contribution is 0.324. The molecule has 0 amide bonds. The molecule has 1 N–H and O–H groups in total. The highest BCUT2D eigenvalue weighted by molar-refractivity contribution is 7.71. The number of rotatable bonds is 6. The third kappa shape index (κ3) is 3.85. The lowest BCUT2D eigenvalue weighted by Crippen LogP contribution is -1.98. The summed E-state index contributed by atoms with van der Waals surface area (Å²) in [5.74, 6) is 2.25. The number of ether oxygens (including phenoxy) is 3. The maximum Gasteiger partial charge on any atom is 0.216 e. The zero-order valence-electron chi connectivity index (χ0n) is 15.5. The van der Waals surface area contributed by atoms with Crippen LogP contribution in [0.5, 0.6) is 17.2 Å². The maximum absolute atomic E-state index is 5.37. The van der Waals surface area contributed by atoms with Gasteiger partial charge < -0.3 is 14.2 Å². The zero-order chi connectivity index (χ0) is 19.4. The van der Waals surface area contributed by atoms with Crippen molar-refractivity contribution in [1.82, 2.24) is 14.9 Å². The highest BCUT2D eigenvalue weighted by atomic mass is 32.1. The smallest absolute Gasteiger partial charge is 0.216 e. The van der Waals surface area contributed by atoms with Crippen LogP contribution in [0.3, 0.4) is 0 Å². The van der Waals surface area contributed by atoms with Gasteiger partial charge in [-0.1, -0.05) is 29.8 Å². The highest BCUT2D eigenvalue weighted by Gasteiger charge is 2.13. The molecule has 27 heavy (non-hydrogen) atoms. The van der Waals surface area contributed by atoms with E-state index >= 15 is 0 Å². The summed E-state index contributed by atoms with van der Waals surface area (Å²) in [7, 11) is 4.70. The molecule has 3 rings (SSSR count). The van der Waals surface area contributed by atoms with Crippen LogP contribution in [0.25, 0.3) is 11.4 Å². The molecular formula is C19H20N4O3S. The van der Waals surface area contributed by atoms with Crippen LogP contribution in [0.1, 0.15) is 11.1 Å².